The van der Waals surface area contributed by atoms with Gasteiger partial charge >= 0.3 is 5.97 Å². The van der Waals surface area contributed by atoms with Crippen molar-refractivity contribution in [3.05, 3.63) is 36.4 Å². The minimum absolute atomic E-state index is 0.154. The van der Waals surface area contributed by atoms with E-state index in [1.54, 1.807) is 30.3 Å². The predicted octanol–water partition coefficient (Wildman–Crippen LogP) is 0.766. The van der Waals surface area contributed by atoms with Crippen molar-refractivity contribution in [1.29, 1.82) is 0 Å². The molecule has 0 aromatic heterocycles. The van der Waals surface area contributed by atoms with Crippen LogP contribution >= 0.6 is 0 Å². The number of carbonyl (C=O) groups is 2. The maximum Gasteiger partial charge on any atom is 0.327 e. The number of carbonyl (C=O) groups excluding carboxylic acids is 2. The number of rotatable bonds is 4. The predicted molar refractivity (Wildman–Crippen MR) is 83.2 cm³/mol. The summed E-state index contributed by atoms with van der Waals surface area (Å²) in [5.41, 5.74) is 5.45. The number of benzene rings is 2. The van der Waals surface area contributed by atoms with Crippen LogP contribution in [0.15, 0.2) is 41.3 Å². The lowest BCUT2D eigenvalue weighted by Crippen LogP contribution is -2.37. The molecule has 0 saturated heterocycles. The maximum atomic E-state index is 12.6. The third-order valence-electron chi connectivity index (χ3n) is 3.66. The van der Waals surface area contributed by atoms with Gasteiger partial charge in [-0.15, -0.1) is 0 Å². The van der Waals surface area contributed by atoms with Gasteiger partial charge in [0.05, 0.1) is 10.6 Å². The zero-order valence-electron chi connectivity index (χ0n) is 12.2. The number of sulfonamides is 1. The number of nitrogens with two attached hydrogens (primary N) is 1. The topological polar surface area (TPSA) is 107 Å². The molecule has 3 rings (SSSR count). The van der Waals surface area contributed by atoms with Crippen LogP contribution in [0, 0.1) is 0 Å². The zero-order valence-corrected chi connectivity index (χ0v) is 13.0. The Bertz CT molecular complexity index is 917. The number of esters is 1. The molecule has 1 amide bonds. The summed E-state index contributed by atoms with van der Waals surface area (Å²) in [6.45, 7) is 0.807. The van der Waals surface area contributed by atoms with Crippen LogP contribution in [0.2, 0.25) is 0 Å². The van der Waals surface area contributed by atoms with E-state index in [9.17, 15) is 18.0 Å². The largest absolute Gasteiger partial charge is 0.451 e. The summed E-state index contributed by atoms with van der Waals surface area (Å²) in [7, 11) is -3.83. The molecule has 1 aliphatic heterocycles. The molecule has 0 radical (unpaired) electrons. The molecule has 1 heterocycles. The van der Waals surface area contributed by atoms with Gasteiger partial charge in [0.25, 0.3) is 15.9 Å². The Morgan fingerprint density at radius 2 is 1.87 bits per heavy atom. The summed E-state index contributed by atoms with van der Waals surface area (Å²) >= 11 is 0. The van der Waals surface area contributed by atoms with E-state index in [0.29, 0.717) is 11.1 Å². The van der Waals surface area contributed by atoms with Crippen LogP contribution in [0.25, 0.3) is 10.8 Å². The Morgan fingerprint density at radius 1 is 1.22 bits per heavy atom. The monoisotopic (exact) mass is 334 g/mol. The van der Waals surface area contributed by atoms with E-state index in [1.807, 2.05) is 0 Å². The molecule has 2 aromatic carbocycles. The van der Waals surface area contributed by atoms with Crippen LogP contribution in [-0.2, 0) is 24.3 Å². The number of hydrogen-bond donors (Lipinski definition) is 1. The van der Waals surface area contributed by atoms with Crippen molar-refractivity contribution in [2.75, 3.05) is 10.8 Å². The minimum Gasteiger partial charge on any atom is -0.451 e. The average Bonchev–Trinajstić information content (AvgIpc) is 2.71. The molecule has 0 fully saturated rings. The first-order valence-corrected chi connectivity index (χ1v) is 8.29. The van der Waals surface area contributed by atoms with Gasteiger partial charge < -0.3 is 10.5 Å². The molecule has 8 heteroatoms. The molecule has 23 heavy (non-hydrogen) atoms. The molecule has 2 aromatic rings. The third-order valence-corrected chi connectivity index (χ3v) is 5.46. The second kappa shape index (κ2) is 5.24. The second-order valence-corrected chi connectivity index (χ2v) is 7.01. The van der Waals surface area contributed by atoms with Crippen molar-refractivity contribution in [1.82, 2.24) is 0 Å². The Labute approximate surface area is 132 Å². The van der Waals surface area contributed by atoms with Crippen LogP contribution < -0.4 is 10.0 Å². The van der Waals surface area contributed by atoms with E-state index < -0.39 is 34.5 Å². The molecule has 0 aliphatic carbocycles. The molecule has 2 N–H and O–H groups in total. The first kappa shape index (κ1) is 15.3. The third kappa shape index (κ3) is 2.40. The molecule has 0 unspecified atom stereocenters. The lowest BCUT2D eigenvalue weighted by Gasteiger charge is -2.18. The molecule has 0 spiro atoms. The van der Waals surface area contributed by atoms with E-state index >= 15 is 0 Å². The first-order chi connectivity index (χ1) is 10.8. The van der Waals surface area contributed by atoms with Gasteiger partial charge in [0.15, 0.2) is 6.10 Å². The summed E-state index contributed by atoms with van der Waals surface area (Å²) in [4.78, 5) is 23.0. The van der Waals surface area contributed by atoms with E-state index in [2.05, 4.69) is 0 Å². The summed E-state index contributed by atoms with van der Waals surface area (Å²) in [6, 6.07) is 10.1. The van der Waals surface area contributed by atoms with Crippen molar-refractivity contribution in [2.45, 2.75) is 17.9 Å². The molecule has 1 atom stereocenters. The number of ether oxygens (including phenoxy) is 1. The second-order valence-electron chi connectivity index (χ2n) is 5.18. The number of amides is 1. The summed E-state index contributed by atoms with van der Waals surface area (Å²) < 4.78 is 31.1. The fraction of sp³-hybridized carbons (Fsp3) is 0.200. The van der Waals surface area contributed by atoms with Gasteiger partial charge in [-0.1, -0.05) is 24.3 Å². The SMILES string of the molecule is C[C@@H](OC(=O)CN1c2cccc3cccc(c23)S1(=O)=O)C(N)=O. The van der Waals surface area contributed by atoms with Crippen LogP contribution in [-0.4, -0.2) is 32.9 Å². The fourth-order valence-electron chi connectivity index (χ4n) is 2.54. The Balaban J connectivity index is 1.98. The summed E-state index contributed by atoms with van der Waals surface area (Å²) in [6.07, 6.45) is -1.12. The lowest BCUT2D eigenvalue weighted by atomic mass is 10.1. The number of primary amides is 1. The maximum absolute atomic E-state index is 12.6. The standard InChI is InChI=1S/C15H14N2O5S/c1-9(15(16)19)22-13(18)8-17-11-6-2-4-10-5-3-7-12(14(10)11)23(17,20)21/h2-7,9H,8H2,1H3,(H2,16,19)/t9-/m1/s1. The highest BCUT2D eigenvalue weighted by molar-refractivity contribution is 7.93. The van der Waals surface area contributed by atoms with E-state index in [-0.39, 0.29) is 4.90 Å². The Kier molecular flexibility index (Phi) is 3.48. The van der Waals surface area contributed by atoms with Gasteiger partial charge in [-0.3, -0.25) is 13.9 Å². The minimum atomic E-state index is -3.83. The van der Waals surface area contributed by atoms with Gasteiger partial charge in [0.1, 0.15) is 6.54 Å². The van der Waals surface area contributed by atoms with E-state index in [4.69, 9.17) is 10.5 Å². The lowest BCUT2D eigenvalue weighted by molar-refractivity contribution is -0.152. The van der Waals surface area contributed by atoms with Gasteiger partial charge in [-0.2, -0.15) is 0 Å². The van der Waals surface area contributed by atoms with Crippen LogP contribution in [0.4, 0.5) is 5.69 Å². The van der Waals surface area contributed by atoms with Crippen LogP contribution in [0.1, 0.15) is 6.92 Å². The van der Waals surface area contributed by atoms with Gasteiger partial charge in [-0.25, -0.2) is 8.42 Å². The molecule has 120 valence electrons. The quantitative estimate of drug-likeness (QED) is 0.831. The fourth-order valence-corrected chi connectivity index (χ4v) is 4.19. The smallest absolute Gasteiger partial charge is 0.327 e. The Morgan fingerprint density at radius 3 is 2.52 bits per heavy atom. The molecule has 0 saturated carbocycles. The molecule has 1 aliphatic rings. The van der Waals surface area contributed by atoms with Crippen molar-refractivity contribution in [2.24, 2.45) is 5.73 Å². The molecule has 7 nitrogen and oxygen atoms in total. The van der Waals surface area contributed by atoms with Crippen LogP contribution in [0.3, 0.4) is 0 Å². The van der Waals surface area contributed by atoms with E-state index in [1.165, 1.54) is 13.0 Å². The number of nitrogens with zero attached hydrogens (tertiary/aromatic N) is 1. The van der Waals surface area contributed by atoms with Crippen molar-refractivity contribution in [3.8, 4) is 0 Å². The highest BCUT2D eigenvalue weighted by Gasteiger charge is 2.37. The first-order valence-electron chi connectivity index (χ1n) is 6.85. The zero-order chi connectivity index (χ0) is 16.8. The highest BCUT2D eigenvalue weighted by atomic mass is 32.2. The number of hydrogen-bond acceptors (Lipinski definition) is 5. The van der Waals surface area contributed by atoms with Gasteiger partial charge in [0, 0.05) is 5.39 Å². The molecule has 0 bridgehead atoms. The average molecular weight is 334 g/mol. The molecular formula is C15H14N2O5S. The summed E-state index contributed by atoms with van der Waals surface area (Å²) in [5, 5.41) is 1.34. The Hall–Kier alpha value is -2.61. The highest BCUT2D eigenvalue weighted by Crippen LogP contribution is 2.41. The summed E-state index contributed by atoms with van der Waals surface area (Å²) in [5.74, 6) is -1.64. The van der Waals surface area contributed by atoms with Crippen molar-refractivity contribution < 1.29 is 22.7 Å². The van der Waals surface area contributed by atoms with Gasteiger partial charge in [0.2, 0.25) is 0 Å². The normalized spacial score (nSPS) is 16.3. The molecular weight excluding hydrogens is 320 g/mol. The van der Waals surface area contributed by atoms with Crippen molar-refractivity contribution >= 4 is 38.4 Å². The number of anilines is 1. The van der Waals surface area contributed by atoms with Crippen LogP contribution in [0.5, 0.6) is 0 Å². The van der Waals surface area contributed by atoms with Gasteiger partial charge in [-0.05, 0) is 24.4 Å². The van der Waals surface area contributed by atoms with E-state index in [0.717, 1.165) is 9.69 Å². The van der Waals surface area contributed by atoms with Crippen molar-refractivity contribution in [3.63, 3.8) is 0 Å².